The number of nitrogens with zero attached hydrogens (tertiary/aromatic N) is 4. The van der Waals surface area contributed by atoms with Crippen LogP contribution in [-0.2, 0) is 17.7 Å². The molecular formula is C25H36IN5O. The second-order valence-electron chi connectivity index (χ2n) is 8.61. The smallest absolute Gasteiger partial charge is 0.194 e. The Hall–Kier alpha value is -1.87. The first-order valence-corrected chi connectivity index (χ1v) is 11.6. The summed E-state index contributed by atoms with van der Waals surface area (Å²) in [5.41, 5.74) is 2.57. The first-order valence-electron chi connectivity index (χ1n) is 11.6. The van der Waals surface area contributed by atoms with Gasteiger partial charge in [-0.15, -0.1) is 24.0 Å². The van der Waals surface area contributed by atoms with Crippen molar-refractivity contribution in [2.75, 3.05) is 44.2 Å². The molecule has 1 N–H and O–H groups in total. The summed E-state index contributed by atoms with van der Waals surface area (Å²) < 4.78 is 5.63. The third-order valence-electron chi connectivity index (χ3n) is 6.07. The van der Waals surface area contributed by atoms with Gasteiger partial charge in [-0.05, 0) is 49.8 Å². The van der Waals surface area contributed by atoms with Crippen LogP contribution in [0.5, 0.6) is 0 Å². The van der Waals surface area contributed by atoms with Crippen molar-refractivity contribution in [2.24, 2.45) is 10.9 Å². The lowest BCUT2D eigenvalue weighted by molar-refractivity contribution is 0.0529. The van der Waals surface area contributed by atoms with E-state index in [2.05, 4.69) is 76.4 Å². The zero-order valence-corrected chi connectivity index (χ0v) is 21.6. The first-order chi connectivity index (χ1) is 15.2. The van der Waals surface area contributed by atoms with Crippen LogP contribution in [0.2, 0.25) is 0 Å². The van der Waals surface area contributed by atoms with Crippen molar-refractivity contribution in [1.29, 1.82) is 0 Å². The Morgan fingerprint density at radius 3 is 2.69 bits per heavy atom. The van der Waals surface area contributed by atoms with Gasteiger partial charge in [-0.3, -0.25) is 0 Å². The van der Waals surface area contributed by atoms with Crippen LogP contribution in [0.4, 0.5) is 5.82 Å². The topological polar surface area (TPSA) is 53.0 Å². The summed E-state index contributed by atoms with van der Waals surface area (Å²) in [7, 11) is 0. The summed E-state index contributed by atoms with van der Waals surface area (Å²) in [6.45, 7) is 10.5. The highest BCUT2D eigenvalue weighted by molar-refractivity contribution is 14.0. The van der Waals surface area contributed by atoms with Crippen LogP contribution in [0, 0.1) is 5.92 Å². The molecule has 2 fully saturated rings. The standard InChI is InChI=1S/C25H35N5O.HI/c1-3-26-25(30-12-11-22(19-30)15-21-7-5-4-6-8-21)28-17-23-9-10-24(27-16-23)29-13-14-31-20(2)18-29;/h4-10,16,20,22H,3,11-15,17-19H2,1-2H3,(H,26,28);1H. The Morgan fingerprint density at radius 2 is 1.97 bits per heavy atom. The molecule has 0 saturated carbocycles. The van der Waals surface area contributed by atoms with Crippen molar-refractivity contribution >= 4 is 35.8 Å². The van der Waals surface area contributed by atoms with Gasteiger partial charge in [0.1, 0.15) is 5.82 Å². The number of hydrogen-bond donors (Lipinski definition) is 1. The molecule has 2 saturated heterocycles. The Balaban J connectivity index is 0.00000289. The zero-order chi connectivity index (χ0) is 21.5. The van der Waals surface area contributed by atoms with E-state index < -0.39 is 0 Å². The van der Waals surface area contributed by atoms with Gasteiger partial charge in [0.05, 0.1) is 19.3 Å². The summed E-state index contributed by atoms with van der Waals surface area (Å²) in [5.74, 6) is 2.73. The molecule has 0 radical (unpaired) electrons. The molecule has 2 aliphatic heterocycles. The van der Waals surface area contributed by atoms with Crippen LogP contribution in [0.15, 0.2) is 53.7 Å². The lowest BCUT2D eigenvalue weighted by Gasteiger charge is -2.32. The fourth-order valence-electron chi connectivity index (χ4n) is 4.45. The number of benzene rings is 1. The highest BCUT2D eigenvalue weighted by atomic mass is 127. The molecule has 0 amide bonds. The number of guanidine groups is 1. The van der Waals surface area contributed by atoms with E-state index >= 15 is 0 Å². The fraction of sp³-hybridized carbons (Fsp3) is 0.520. The Kier molecular flexibility index (Phi) is 9.59. The average molecular weight is 550 g/mol. The minimum Gasteiger partial charge on any atom is -0.375 e. The number of aliphatic imine (C=N–C) groups is 1. The van der Waals surface area contributed by atoms with Crippen molar-refractivity contribution < 1.29 is 4.74 Å². The molecule has 2 aliphatic rings. The van der Waals surface area contributed by atoms with E-state index in [-0.39, 0.29) is 30.1 Å². The first kappa shape index (κ1) is 24.8. The number of aromatic nitrogens is 1. The van der Waals surface area contributed by atoms with E-state index in [0.717, 1.165) is 63.1 Å². The lowest BCUT2D eigenvalue weighted by Crippen LogP contribution is -2.41. The highest BCUT2D eigenvalue weighted by Crippen LogP contribution is 2.21. The van der Waals surface area contributed by atoms with Gasteiger partial charge in [-0.1, -0.05) is 36.4 Å². The quantitative estimate of drug-likeness (QED) is 0.336. The van der Waals surface area contributed by atoms with Gasteiger partial charge in [0.15, 0.2) is 5.96 Å². The Morgan fingerprint density at radius 1 is 1.12 bits per heavy atom. The van der Waals surface area contributed by atoms with Crippen molar-refractivity contribution in [3.05, 3.63) is 59.8 Å². The molecule has 1 aromatic carbocycles. The van der Waals surface area contributed by atoms with Crippen LogP contribution in [0.25, 0.3) is 0 Å². The van der Waals surface area contributed by atoms with E-state index in [4.69, 9.17) is 9.73 Å². The monoisotopic (exact) mass is 549 g/mol. The number of morpholine rings is 1. The molecule has 2 unspecified atom stereocenters. The number of anilines is 1. The normalized spacial score (nSPS) is 21.4. The number of pyridine rings is 1. The second-order valence-corrected chi connectivity index (χ2v) is 8.61. The summed E-state index contributed by atoms with van der Waals surface area (Å²) in [5, 5.41) is 3.48. The molecule has 174 valence electrons. The minimum absolute atomic E-state index is 0. The predicted molar refractivity (Wildman–Crippen MR) is 142 cm³/mol. The summed E-state index contributed by atoms with van der Waals surface area (Å²) in [6, 6.07) is 15.1. The number of ether oxygens (including phenoxy) is 1. The maximum atomic E-state index is 5.63. The van der Waals surface area contributed by atoms with Crippen molar-refractivity contribution in [2.45, 2.75) is 39.3 Å². The molecule has 6 nitrogen and oxygen atoms in total. The summed E-state index contributed by atoms with van der Waals surface area (Å²) in [6.07, 6.45) is 4.58. The number of nitrogens with one attached hydrogen (secondary N) is 1. The zero-order valence-electron chi connectivity index (χ0n) is 19.2. The van der Waals surface area contributed by atoms with Crippen LogP contribution in [-0.4, -0.2) is 61.3 Å². The van der Waals surface area contributed by atoms with Crippen LogP contribution in [0.3, 0.4) is 0 Å². The molecule has 0 spiro atoms. The van der Waals surface area contributed by atoms with Gasteiger partial charge in [0.25, 0.3) is 0 Å². The third-order valence-corrected chi connectivity index (χ3v) is 6.07. The second kappa shape index (κ2) is 12.4. The number of rotatable bonds is 6. The van der Waals surface area contributed by atoms with Gasteiger partial charge in [-0.2, -0.15) is 0 Å². The Bertz CT molecular complexity index is 845. The van der Waals surface area contributed by atoms with Crippen LogP contribution < -0.4 is 10.2 Å². The third kappa shape index (κ3) is 6.81. The summed E-state index contributed by atoms with van der Waals surface area (Å²) >= 11 is 0. The predicted octanol–water partition coefficient (Wildman–Crippen LogP) is 3.95. The Labute approximate surface area is 209 Å². The number of likely N-dealkylation sites (tertiary alicyclic amines) is 1. The van der Waals surface area contributed by atoms with Gasteiger partial charge in [0, 0.05) is 38.9 Å². The molecule has 32 heavy (non-hydrogen) atoms. The van der Waals surface area contributed by atoms with Gasteiger partial charge < -0.3 is 19.9 Å². The average Bonchev–Trinajstić information content (AvgIpc) is 3.26. The van der Waals surface area contributed by atoms with E-state index in [1.807, 2.05) is 6.20 Å². The molecule has 2 aromatic rings. The highest BCUT2D eigenvalue weighted by Gasteiger charge is 2.25. The lowest BCUT2D eigenvalue weighted by atomic mass is 9.99. The van der Waals surface area contributed by atoms with E-state index in [1.54, 1.807) is 0 Å². The van der Waals surface area contributed by atoms with E-state index in [1.165, 1.54) is 12.0 Å². The maximum Gasteiger partial charge on any atom is 0.194 e. The molecule has 7 heteroatoms. The molecule has 1 aromatic heterocycles. The molecule has 2 atom stereocenters. The molecular weight excluding hydrogens is 513 g/mol. The largest absolute Gasteiger partial charge is 0.375 e. The van der Waals surface area contributed by atoms with E-state index in [0.29, 0.717) is 12.5 Å². The van der Waals surface area contributed by atoms with Crippen molar-refractivity contribution in [3.63, 3.8) is 0 Å². The molecule has 0 bridgehead atoms. The molecule has 4 rings (SSSR count). The van der Waals surface area contributed by atoms with Crippen molar-refractivity contribution in [3.8, 4) is 0 Å². The summed E-state index contributed by atoms with van der Waals surface area (Å²) in [4.78, 5) is 14.3. The van der Waals surface area contributed by atoms with Crippen LogP contribution in [0.1, 0.15) is 31.4 Å². The maximum absolute atomic E-state index is 5.63. The minimum atomic E-state index is 0. The SMILES string of the molecule is CCNC(=NCc1ccc(N2CCOC(C)C2)nc1)N1CCC(Cc2ccccc2)C1.I. The molecule has 3 heterocycles. The van der Waals surface area contributed by atoms with E-state index in [9.17, 15) is 0 Å². The van der Waals surface area contributed by atoms with Gasteiger partial charge in [0.2, 0.25) is 0 Å². The van der Waals surface area contributed by atoms with Gasteiger partial charge >= 0.3 is 0 Å². The van der Waals surface area contributed by atoms with Gasteiger partial charge in [-0.25, -0.2) is 9.98 Å². The number of hydrogen-bond acceptors (Lipinski definition) is 4. The van der Waals surface area contributed by atoms with Crippen LogP contribution >= 0.6 is 24.0 Å². The molecule has 0 aliphatic carbocycles. The van der Waals surface area contributed by atoms with Crippen molar-refractivity contribution in [1.82, 2.24) is 15.2 Å². The fourth-order valence-corrected chi connectivity index (χ4v) is 4.45. The number of halogens is 1.